The van der Waals surface area contributed by atoms with Gasteiger partial charge in [0.05, 0.1) is 0 Å². The normalized spacial score (nSPS) is 15.3. The Kier molecular flexibility index (Phi) is 2.63. The van der Waals surface area contributed by atoms with Gasteiger partial charge in [-0.1, -0.05) is 29.8 Å². The Morgan fingerprint density at radius 2 is 2.17 bits per heavy atom. The smallest absolute Gasteiger partial charge is 0.358 e. The maximum Gasteiger partial charge on any atom is 0.358 e. The molecule has 0 aliphatic heterocycles. The van der Waals surface area contributed by atoms with Gasteiger partial charge in [0.1, 0.15) is 0 Å². The number of benzene rings is 1. The van der Waals surface area contributed by atoms with Crippen LogP contribution in [0.4, 0.5) is 0 Å². The Bertz CT molecular complexity index is 584. The van der Waals surface area contributed by atoms with Crippen LogP contribution in [-0.2, 0) is 0 Å². The van der Waals surface area contributed by atoms with Crippen molar-refractivity contribution in [3.05, 3.63) is 41.6 Å². The molecule has 0 amide bonds. The lowest BCUT2D eigenvalue weighted by Gasteiger charge is -2.25. The minimum atomic E-state index is -1.07. The molecule has 0 radical (unpaired) electrons. The average molecular weight is 243 g/mol. The molecule has 2 aromatic rings. The molecule has 0 saturated heterocycles. The zero-order chi connectivity index (χ0) is 12.5. The van der Waals surface area contributed by atoms with Crippen LogP contribution in [-0.4, -0.2) is 16.2 Å². The summed E-state index contributed by atoms with van der Waals surface area (Å²) in [4.78, 5) is 10.8. The van der Waals surface area contributed by atoms with Crippen LogP contribution < -0.4 is 0 Å². The van der Waals surface area contributed by atoms with Crippen LogP contribution in [0, 0.1) is 0 Å². The van der Waals surface area contributed by atoms with E-state index in [1.165, 1.54) is 30.9 Å². The number of carboxylic acids is 1. The van der Waals surface area contributed by atoms with Crippen LogP contribution in [0.5, 0.6) is 0 Å². The van der Waals surface area contributed by atoms with Crippen molar-refractivity contribution in [2.45, 2.75) is 25.2 Å². The first-order valence-corrected chi connectivity index (χ1v) is 6.04. The zero-order valence-electron chi connectivity index (χ0n) is 9.80. The quantitative estimate of drug-likeness (QED) is 0.898. The number of carboxylic acid groups (broad SMARTS) is 1. The molecule has 18 heavy (non-hydrogen) atoms. The van der Waals surface area contributed by atoms with Crippen molar-refractivity contribution in [1.29, 1.82) is 0 Å². The molecule has 0 spiro atoms. The van der Waals surface area contributed by atoms with Crippen LogP contribution >= 0.6 is 0 Å². The summed E-state index contributed by atoms with van der Waals surface area (Å²) >= 11 is 0. The molecule has 0 atom stereocenters. The summed E-state index contributed by atoms with van der Waals surface area (Å²) in [5.41, 5.74) is 2.13. The Labute approximate surface area is 104 Å². The predicted molar refractivity (Wildman–Crippen MR) is 65.5 cm³/mol. The summed E-state index contributed by atoms with van der Waals surface area (Å²) in [7, 11) is 0. The molecule has 0 unspecified atom stereocenters. The molecular formula is C14H13NO3. The van der Waals surface area contributed by atoms with Gasteiger partial charge in [-0.2, -0.15) is 0 Å². The number of hydrogen-bond acceptors (Lipinski definition) is 3. The first-order valence-electron chi connectivity index (χ1n) is 6.04. The third-order valence-corrected chi connectivity index (χ3v) is 3.48. The van der Waals surface area contributed by atoms with Crippen molar-refractivity contribution in [2.24, 2.45) is 0 Å². The van der Waals surface area contributed by atoms with Gasteiger partial charge in [-0.15, -0.1) is 0 Å². The van der Waals surface area contributed by atoms with Crippen molar-refractivity contribution >= 4 is 5.97 Å². The molecule has 1 saturated carbocycles. The van der Waals surface area contributed by atoms with E-state index in [1.807, 2.05) is 12.1 Å². The number of carbonyl (C=O) groups is 1. The Morgan fingerprint density at radius 3 is 2.78 bits per heavy atom. The van der Waals surface area contributed by atoms with Crippen molar-refractivity contribution in [2.75, 3.05) is 0 Å². The van der Waals surface area contributed by atoms with Crippen molar-refractivity contribution in [3.8, 4) is 11.3 Å². The van der Waals surface area contributed by atoms with E-state index in [2.05, 4.69) is 17.3 Å². The lowest BCUT2D eigenvalue weighted by molar-refractivity contribution is 0.0686. The molecule has 1 aliphatic rings. The molecule has 1 N–H and O–H groups in total. The van der Waals surface area contributed by atoms with E-state index in [9.17, 15) is 4.79 Å². The highest BCUT2D eigenvalue weighted by Crippen LogP contribution is 2.37. The monoisotopic (exact) mass is 243 g/mol. The second kappa shape index (κ2) is 4.29. The van der Waals surface area contributed by atoms with Crippen LogP contribution in [0.2, 0.25) is 0 Å². The van der Waals surface area contributed by atoms with Gasteiger partial charge in [0.2, 0.25) is 0 Å². The maximum atomic E-state index is 10.8. The predicted octanol–water partition coefficient (Wildman–Crippen LogP) is 3.31. The molecule has 1 fully saturated rings. The highest BCUT2D eigenvalue weighted by Gasteiger charge is 2.20. The van der Waals surface area contributed by atoms with E-state index >= 15 is 0 Å². The van der Waals surface area contributed by atoms with Crippen molar-refractivity contribution < 1.29 is 14.4 Å². The van der Waals surface area contributed by atoms with Crippen LogP contribution in [0.15, 0.2) is 34.9 Å². The van der Waals surface area contributed by atoms with Gasteiger partial charge in [-0.05, 0) is 30.4 Å². The maximum absolute atomic E-state index is 10.8. The summed E-state index contributed by atoms with van der Waals surface area (Å²) in [5, 5.41) is 12.3. The van der Waals surface area contributed by atoms with E-state index in [-0.39, 0.29) is 5.69 Å². The van der Waals surface area contributed by atoms with E-state index in [4.69, 9.17) is 9.63 Å². The molecule has 3 rings (SSSR count). The summed E-state index contributed by atoms with van der Waals surface area (Å²) in [6.45, 7) is 0. The van der Waals surface area contributed by atoms with Gasteiger partial charge < -0.3 is 9.63 Å². The summed E-state index contributed by atoms with van der Waals surface area (Å²) < 4.78 is 5.07. The lowest BCUT2D eigenvalue weighted by Crippen LogP contribution is -2.08. The van der Waals surface area contributed by atoms with Gasteiger partial charge in [0.25, 0.3) is 0 Å². The topological polar surface area (TPSA) is 63.3 Å². The number of nitrogens with zero attached hydrogens (tertiary/aromatic N) is 1. The van der Waals surface area contributed by atoms with Gasteiger partial charge in [-0.25, -0.2) is 4.79 Å². The summed E-state index contributed by atoms with van der Waals surface area (Å²) in [5.74, 6) is 0.0838. The molecule has 4 heteroatoms. The molecule has 92 valence electrons. The van der Waals surface area contributed by atoms with Crippen LogP contribution in [0.25, 0.3) is 11.3 Å². The molecule has 1 heterocycles. The Morgan fingerprint density at radius 1 is 1.33 bits per heavy atom. The summed E-state index contributed by atoms with van der Waals surface area (Å²) in [6, 6.07) is 9.53. The van der Waals surface area contributed by atoms with Gasteiger partial charge in [0.15, 0.2) is 11.5 Å². The van der Waals surface area contributed by atoms with E-state index < -0.39 is 5.97 Å². The number of aromatic nitrogens is 1. The van der Waals surface area contributed by atoms with Gasteiger partial charge in [-0.3, -0.25) is 0 Å². The molecular weight excluding hydrogens is 230 g/mol. The summed E-state index contributed by atoms with van der Waals surface area (Å²) in [6.07, 6.45) is 3.76. The second-order valence-corrected chi connectivity index (χ2v) is 4.63. The number of rotatable bonds is 3. The first kappa shape index (κ1) is 11.0. The number of aromatic carboxylic acids is 1. The molecule has 1 aromatic carbocycles. The third-order valence-electron chi connectivity index (χ3n) is 3.48. The largest absolute Gasteiger partial charge is 0.476 e. The zero-order valence-corrected chi connectivity index (χ0v) is 9.80. The minimum absolute atomic E-state index is 0.0564. The van der Waals surface area contributed by atoms with E-state index in [1.54, 1.807) is 0 Å². The molecule has 1 aromatic heterocycles. The van der Waals surface area contributed by atoms with E-state index in [0.29, 0.717) is 11.7 Å². The van der Waals surface area contributed by atoms with Crippen LogP contribution in [0.1, 0.15) is 41.2 Å². The third kappa shape index (κ3) is 1.90. The fraction of sp³-hybridized carbons (Fsp3) is 0.286. The fourth-order valence-electron chi connectivity index (χ4n) is 2.20. The highest BCUT2D eigenvalue weighted by molar-refractivity contribution is 5.86. The van der Waals surface area contributed by atoms with Crippen molar-refractivity contribution in [3.63, 3.8) is 0 Å². The number of hydrogen-bond donors (Lipinski definition) is 1. The van der Waals surface area contributed by atoms with E-state index in [0.717, 1.165) is 5.56 Å². The molecule has 4 nitrogen and oxygen atoms in total. The standard InChI is InChI=1S/C14H13NO3/c16-14(17)12-8-13(18-15-12)11-6-2-5-10(7-11)9-3-1-4-9/h2,5-9H,1,3-4H2,(H,16,17). The van der Waals surface area contributed by atoms with Gasteiger partial charge >= 0.3 is 5.97 Å². The molecule has 0 bridgehead atoms. The minimum Gasteiger partial charge on any atom is -0.476 e. The average Bonchev–Trinajstić information content (AvgIpc) is 2.76. The fourth-order valence-corrected chi connectivity index (χ4v) is 2.20. The Hall–Kier alpha value is -2.10. The van der Waals surface area contributed by atoms with Gasteiger partial charge in [0, 0.05) is 11.6 Å². The lowest BCUT2D eigenvalue weighted by atomic mass is 9.79. The second-order valence-electron chi connectivity index (χ2n) is 4.63. The SMILES string of the molecule is O=C(O)c1cc(-c2cccc(C3CCC3)c2)on1. The highest BCUT2D eigenvalue weighted by atomic mass is 16.5. The first-order chi connectivity index (χ1) is 8.74. The van der Waals surface area contributed by atoms with Crippen LogP contribution in [0.3, 0.4) is 0 Å². The van der Waals surface area contributed by atoms with Crippen molar-refractivity contribution in [1.82, 2.24) is 5.16 Å². The Balaban J connectivity index is 1.92. The molecule has 1 aliphatic carbocycles.